The van der Waals surface area contributed by atoms with Crippen LogP contribution in [0.4, 0.5) is 0 Å². The molecule has 1 saturated carbocycles. The third-order valence-corrected chi connectivity index (χ3v) is 6.67. The molecule has 1 aliphatic carbocycles. The molecule has 5 heteroatoms. The number of ether oxygens (including phenoxy) is 1. The van der Waals surface area contributed by atoms with Crippen molar-refractivity contribution in [2.45, 2.75) is 51.8 Å². The van der Waals surface area contributed by atoms with E-state index in [1.165, 1.54) is 30.4 Å². The van der Waals surface area contributed by atoms with Gasteiger partial charge >= 0.3 is 0 Å². The summed E-state index contributed by atoms with van der Waals surface area (Å²) in [6.45, 7) is 8.34. The summed E-state index contributed by atoms with van der Waals surface area (Å²) in [4.78, 5) is 15.5. The highest BCUT2D eigenvalue weighted by molar-refractivity contribution is 5.83. The smallest absolute Gasteiger partial charge is 0.228 e. The molecule has 1 unspecified atom stereocenters. The molecule has 0 bridgehead atoms. The number of morpholine rings is 1. The van der Waals surface area contributed by atoms with E-state index >= 15 is 0 Å². The van der Waals surface area contributed by atoms with Crippen molar-refractivity contribution in [3.63, 3.8) is 0 Å². The fourth-order valence-corrected chi connectivity index (χ4v) is 5.18. The van der Waals surface area contributed by atoms with E-state index in [4.69, 9.17) is 4.74 Å². The van der Waals surface area contributed by atoms with Crippen LogP contribution in [0.3, 0.4) is 0 Å². The molecule has 0 radical (unpaired) electrons. The molecule has 2 heterocycles. The summed E-state index contributed by atoms with van der Waals surface area (Å²) < 4.78 is 5.63. The molecule has 2 saturated heterocycles. The summed E-state index contributed by atoms with van der Waals surface area (Å²) in [6.07, 6.45) is 4.98. The minimum absolute atomic E-state index is 0.167. The fourth-order valence-electron chi connectivity index (χ4n) is 5.18. The molecule has 3 aliphatic rings. The molecule has 27 heavy (non-hydrogen) atoms. The van der Waals surface area contributed by atoms with E-state index in [0.717, 1.165) is 45.8 Å². The van der Waals surface area contributed by atoms with Crippen LogP contribution in [-0.2, 0) is 22.6 Å². The van der Waals surface area contributed by atoms with Crippen molar-refractivity contribution in [2.75, 3.05) is 32.8 Å². The average molecular weight is 372 g/mol. The van der Waals surface area contributed by atoms with Gasteiger partial charge in [0.1, 0.15) is 0 Å². The van der Waals surface area contributed by atoms with Crippen molar-refractivity contribution >= 4 is 5.91 Å². The van der Waals surface area contributed by atoms with Crippen molar-refractivity contribution in [3.05, 3.63) is 35.4 Å². The molecule has 5 nitrogen and oxygen atoms in total. The Kier molecular flexibility index (Phi) is 5.81. The van der Waals surface area contributed by atoms with Gasteiger partial charge in [0.05, 0.1) is 18.1 Å². The molecule has 148 valence electrons. The SMILES string of the molecule is CC1CN(Cc2cccc(CNC(=O)[C@@]34CCCC[C@H]3CNC4)c2)CCO1. The van der Waals surface area contributed by atoms with E-state index in [2.05, 4.69) is 46.7 Å². The lowest BCUT2D eigenvalue weighted by atomic mass is 9.67. The van der Waals surface area contributed by atoms with Gasteiger partial charge in [0.25, 0.3) is 0 Å². The third kappa shape index (κ3) is 4.20. The molecule has 3 fully saturated rings. The van der Waals surface area contributed by atoms with Crippen LogP contribution in [-0.4, -0.2) is 49.7 Å². The van der Waals surface area contributed by atoms with Crippen molar-refractivity contribution < 1.29 is 9.53 Å². The number of nitrogens with zero attached hydrogens (tertiary/aromatic N) is 1. The summed E-state index contributed by atoms with van der Waals surface area (Å²) in [5.41, 5.74) is 2.34. The predicted molar refractivity (Wildman–Crippen MR) is 106 cm³/mol. The average Bonchev–Trinajstić information content (AvgIpc) is 3.12. The lowest BCUT2D eigenvalue weighted by molar-refractivity contribution is -0.134. The Morgan fingerprint density at radius 1 is 1.37 bits per heavy atom. The number of benzene rings is 1. The number of carbonyl (C=O) groups is 1. The van der Waals surface area contributed by atoms with Gasteiger partial charge in [-0.3, -0.25) is 9.69 Å². The number of fused-ring (bicyclic) bond motifs is 1. The third-order valence-electron chi connectivity index (χ3n) is 6.67. The summed E-state index contributed by atoms with van der Waals surface area (Å²) in [6, 6.07) is 8.65. The van der Waals surface area contributed by atoms with Gasteiger partial charge in [-0.15, -0.1) is 0 Å². The van der Waals surface area contributed by atoms with Crippen LogP contribution in [0.15, 0.2) is 24.3 Å². The normalized spacial score (nSPS) is 31.4. The highest BCUT2D eigenvalue weighted by atomic mass is 16.5. The van der Waals surface area contributed by atoms with Gasteiger partial charge in [0.15, 0.2) is 0 Å². The predicted octanol–water partition coefficient (Wildman–Crippen LogP) is 2.30. The molecule has 1 aromatic rings. The van der Waals surface area contributed by atoms with Gasteiger partial charge in [0.2, 0.25) is 5.91 Å². The van der Waals surface area contributed by atoms with E-state index in [9.17, 15) is 4.79 Å². The van der Waals surface area contributed by atoms with Gasteiger partial charge in [-0.2, -0.15) is 0 Å². The summed E-state index contributed by atoms with van der Waals surface area (Å²) in [5.74, 6) is 0.769. The van der Waals surface area contributed by atoms with Crippen LogP contribution in [0.2, 0.25) is 0 Å². The Morgan fingerprint density at radius 3 is 3.15 bits per heavy atom. The van der Waals surface area contributed by atoms with Gasteiger partial charge in [-0.25, -0.2) is 0 Å². The number of nitrogens with one attached hydrogen (secondary N) is 2. The fraction of sp³-hybridized carbons (Fsp3) is 0.682. The van der Waals surface area contributed by atoms with E-state index in [0.29, 0.717) is 18.6 Å². The zero-order valence-electron chi connectivity index (χ0n) is 16.5. The Balaban J connectivity index is 1.35. The molecule has 2 N–H and O–H groups in total. The van der Waals surface area contributed by atoms with Crippen molar-refractivity contribution in [2.24, 2.45) is 11.3 Å². The second kappa shape index (κ2) is 8.29. The van der Waals surface area contributed by atoms with Crippen LogP contribution in [0.1, 0.15) is 43.7 Å². The number of rotatable bonds is 5. The second-order valence-electron chi connectivity index (χ2n) is 8.65. The lowest BCUT2D eigenvalue weighted by Gasteiger charge is -2.37. The monoisotopic (exact) mass is 371 g/mol. The summed E-state index contributed by atoms with van der Waals surface area (Å²) in [5, 5.41) is 6.72. The summed E-state index contributed by atoms with van der Waals surface area (Å²) >= 11 is 0. The molecule has 0 spiro atoms. The zero-order valence-corrected chi connectivity index (χ0v) is 16.5. The Labute approximate surface area is 162 Å². The van der Waals surface area contributed by atoms with Crippen LogP contribution >= 0.6 is 0 Å². The number of amides is 1. The number of hydrogen-bond donors (Lipinski definition) is 2. The minimum atomic E-state index is -0.167. The van der Waals surface area contributed by atoms with Gasteiger partial charge in [-0.1, -0.05) is 37.1 Å². The minimum Gasteiger partial charge on any atom is -0.376 e. The van der Waals surface area contributed by atoms with E-state index < -0.39 is 0 Å². The van der Waals surface area contributed by atoms with Crippen molar-refractivity contribution in [1.29, 1.82) is 0 Å². The Hall–Kier alpha value is -1.43. The molecule has 2 aliphatic heterocycles. The van der Waals surface area contributed by atoms with E-state index in [1.54, 1.807) is 0 Å². The first kappa shape index (κ1) is 18.9. The van der Waals surface area contributed by atoms with Crippen molar-refractivity contribution in [3.8, 4) is 0 Å². The maximum absolute atomic E-state index is 13.0. The standard InChI is InChI=1S/C22H33N3O2/c1-17-14-25(9-10-27-17)15-19-6-4-5-18(11-19)12-24-21(26)22-8-3-2-7-20(22)13-23-16-22/h4-6,11,17,20,23H,2-3,7-10,12-16H2,1H3,(H,24,26)/t17?,20-,22+/m0/s1. The highest BCUT2D eigenvalue weighted by Gasteiger charge is 2.49. The Morgan fingerprint density at radius 2 is 2.26 bits per heavy atom. The lowest BCUT2D eigenvalue weighted by Crippen LogP contribution is -2.47. The molecule has 4 rings (SSSR count). The van der Waals surface area contributed by atoms with Crippen LogP contribution < -0.4 is 10.6 Å². The molecule has 1 aromatic carbocycles. The molecule has 1 amide bonds. The maximum atomic E-state index is 13.0. The number of carbonyl (C=O) groups excluding carboxylic acids is 1. The quantitative estimate of drug-likeness (QED) is 0.834. The molecule has 3 atom stereocenters. The van der Waals surface area contributed by atoms with Gasteiger partial charge < -0.3 is 15.4 Å². The zero-order chi connectivity index (χ0) is 18.7. The molecular weight excluding hydrogens is 338 g/mol. The summed E-state index contributed by atoms with van der Waals surface area (Å²) in [7, 11) is 0. The van der Waals surface area contributed by atoms with Crippen LogP contribution in [0.5, 0.6) is 0 Å². The largest absolute Gasteiger partial charge is 0.376 e. The van der Waals surface area contributed by atoms with Crippen LogP contribution in [0.25, 0.3) is 0 Å². The van der Waals surface area contributed by atoms with Gasteiger partial charge in [-0.05, 0) is 43.4 Å². The van der Waals surface area contributed by atoms with Crippen molar-refractivity contribution in [1.82, 2.24) is 15.5 Å². The first-order chi connectivity index (χ1) is 13.2. The van der Waals surface area contributed by atoms with E-state index in [1.807, 2.05) is 0 Å². The Bertz CT molecular complexity index is 665. The van der Waals surface area contributed by atoms with Crippen LogP contribution in [0, 0.1) is 11.3 Å². The van der Waals surface area contributed by atoms with Gasteiger partial charge in [0, 0.05) is 32.7 Å². The van der Waals surface area contributed by atoms with E-state index in [-0.39, 0.29) is 11.3 Å². The topological polar surface area (TPSA) is 53.6 Å². The molecule has 0 aromatic heterocycles. The highest BCUT2D eigenvalue weighted by Crippen LogP contribution is 2.43. The first-order valence-corrected chi connectivity index (χ1v) is 10.6. The maximum Gasteiger partial charge on any atom is 0.228 e. The first-order valence-electron chi connectivity index (χ1n) is 10.6. The molecular formula is C22H33N3O2. The number of hydrogen-bond acceptors (Lipinski definition) is 4. The second-order valence-corrected chi connectivity index (χ2v) is 8.65.